The molecule has 0 aromatic carbocycles. The summed E-state index contributed by atoms with van der Waals surface area (Å²) in [6, 6.07) is -0.463. The number of azide groups is 2. The highest BCUT2D eigenvalue weighted by molar-refractivity contribution is 9.09. The van der Waals surface area contributed by atoms with Crippen LogP contribution in [-0.4, -0.2) is 75.9 Å². The zero-order chi connectivity index (χ0) is 28.2. The normalized spacial score (nSPS) is 13.8. The minimum Gasteiger partial charge on any atom is -0.355 e. The molecule has 4 unspecified atom stereocenters. The lowest BCUT2D eigenvalue weighted by atomic mass is 10.2. The van der Waals surface area contributed by atoms with Crippen LogP contribution in [0.1, 0.15) is 76.1 Å². The number of methoxy groups -OCH3 is 1. The summed E-state index contributed by atoms with van der Waals surface area (Å²) in [5.74, 6) is 0. The van der Waals surface area contributed by atoms with E-state index >= 15 is 0 Å². The Morgan fingerprint density at radius 2 is 0.917 bits per heavy atom. The Hall–Kier alpha value is -1.14. The molecule has 0 aliphatic carbocycles. The first-order valence-corrected chi connectivity index (χ1v) is 13.6. The van der Waals surface area contributed by atoms with Gasteiger partial charge in [-0.15, -0.1) is 0 Å². The molecule has 0 spiro atoms. The lowest BCUT2D eigenvalue weighted by molar-refractivity contribution is -0.148. The van der Waals surface area contributed by atoms with Crippen molar-refractivity contribution in [2.75, 3.05) is 40.1 Å². The molecule has 0 bridgehead atoms. The molecule has 12 nitrogen and oxygen atoms in total. The van der Waals surface area contributed by atoms with Crippen LogP contribution in [0.5, 0.6) is 0 Å². The maximum absolute atomic E-state index is 8.30. The van der Waals surface area contributed by atoms with Crippen molar-refractivity contribution in [3.05, 3.63) is 20.9 Å². The number of ether oxygens (including phenoxy) is 6. The second-order valence-corrected chi connectivity index (χ2v) is 8.08. The van der Waals surface area contributed by atoms with Gasteiger partial charge >= 0.3 is 0 Å². The lowest BCUT2D eigenvalue weighted by Gasteiger charge is -2.21. The molecule has 13 heteroatoms. The van der Waals surface area contributed by atoms with Gasteiger partial charge in [0.2, 0.25) is 0 Å². The molecule has 0 aromatic rings. The summed E-state index contributed by atoms with van der Waals surface area (Å²) in [6.45, 7) is 18.4. The SMILES string of the molecule is CCOC(OC)C(Br)CC.CCOC(OCC)C(CC)N=[N+]=[N-].CCOC(OCC)C(CC)N=[N+]=[N-].[HH]. The largest absolute Gasteiger partial charge is 0.355 e. The third-order valence-electron chi connectivity index (χ3n) is 4.44. The maximum Gasteiger partial charge on any atom is 0.169 e. The molecule has 0 aliphatic heterocycles. The molecule has 0 radical (unpaired) electrons. The first kappa shape index (κ1) is 39.4. The minimum atomic E-state index is -0.407. The van der Waals surface area contributed by atoms with Gasteiger partial charge in [0, 0.05) is 51.4 Å². The van der Waals surface area contributed by atoms with Crippen LogP contribution in [0.4, 0.5) is 0 Å². The number of hydrogen-bond acceptors (Lipinski definition) is 8. The van der Waals surface area contributed by atoms with Crippen molar-refractivity contribution in [1.82, 2.24) is 0 Å². The molecule has 0 saturated heterocycles. The Balaban J connectivity index is -0.000000220. The molecule has 0 aliphatic rings. The summed E-state index contributed by atoms with van der Waals surface area (Å²) >= 11 is 3.45. The van der Waals surface area contributed by atoms with Crippen LogP contribution in [0.15, 0.2) is 10.2 Å². The molecular weight excluding hydrogens is 536 g/mol. The number of rotatable bonds is 19. The minimum absolute atomic E-state index is 0. The first-order valence-electron chi connectivity index (χ1n) is 12.7. The van der Waals surface area contributed by atoms with E-state index in [1.807, 2.05) is 48.5 Å². The van der Waals surface area contributed by atoms with Crippen LogP contribution >= 0.6 is 15.9 Å². The van der Waals surface area contributed by atoms with Gasteiger partial charge in [0.05, 0.1) is 16.9 Å². The fraction of sp³-hybridized carbons (Fsp3) is 1.00. The van der Waals surface area contributed by atoms with Crippen molar-refractivity contribution in [3.63, 3.8) is 0 Å². The highest BCUT2D eigenvalue weighted by Gasteiger charge is 2.19. The van der Waals surface area contributed by atoms with Gasteiger partial charge in [-0.2, -0.15) is 0 Å². The zero-order valence-corrected chi connectivity index (χ0v) is 25.2. The molecule has 0 fully saturated rings. The van der Waals surface area contributed by atoms with Gasteiger partial charge in [0.15, 0.2) is 18.9 Å². The Kier molecular flexibility index (Phi) is 32.9. The lowest BCUT2D eigenvalue weighted by Crippen LogP contribution is -2.29. The zero-order valence-electron chi connectivity index (χ0n) is 23.6. The molecule has 0 N–H and O–H groups in total. The Bertz CT molecular complexity index is 524. The van der Waals surface area contributed by atoms with E-state index in [0.717, 1.165) is 6.42 Å². The van der Waals surface area contributed by atoms with Gasteiger partial charge < -0.3 is 28.4 Å². The van der Waals surface area contributed by atoms with Crippen molar-refractivity contribution in [3.8, 4) is 0 Å². The molecule has 0 saturated carbocycles. The van der Waals surface area contributed by atoms with E-state index in [1.165, 1.54) is 0 Å². The van der Waals surface area contributed by atoms with Crippen LogP contribution in [-0.2, 0) is 28.4 Å². The van der Waals surface area contributed by atoms with Gasteiger partial charge in [-0.1, -0.05) is 46.9 Å². The van der Waals surface area contributed by atoms with Crippen LogP contribution in [0.2, 0.25) is 0 Å². The predicted molar refractivity (Wildman–Crippen MR) is 148 cm³/mol. The first-order chi connectivity index (χ1) is 17.3. The summed E-state index contributed by atoms with van der Waals surface area (Å²) < 4.78 is 31.6. The monoisotopic (exact) mass is 586 g/mol. The topological polar surface area (TPSA) is 153 Å². The molecule has 0 rings (SSSR count). The smallest absolute Gasteiger partial charge is 0.169 e. The molecule has 0 aromatic heterocycles. The second-order valence-electron chi connectivity index (χ2n) is 6.90. The third kappa shape index (κ3) is 21.0. The van der Waals surface area contributed by atoms with Crippen molar-refractivity contribution in [2.24, 2.45) is 10.2 Å². The summed E-state index contributed by atoms with van der Waals surface area (Å²) in [5, 5.41) is 7.22. The molecule has 0 heterocycles. The van der Waals surface area contributed by atoms with E-state index < -0.39 is 12.6 Å². The van der Waals surface area contributed by atoms with E-state index in [1.54, 1.807) is 7.11 Å². The molecular formula is C23H51BrN6O6. The van der Waals surface area contributed by atoms with E-state index in [0.29, 0.717) is 50.7 Å². The Morgan fingerprint density at radius 1 is 0.611 bits per heavy atom. The number of nitrogens with zero attached hydrogens (tertiary/aromatic N) is 6. The van der Waals surface area contributed by atoms with E-state index in [9.17, 15) is 0 Å². The van der Waals surface area contributed by atoms with Gasteiger partial charge in [-0.25, -0.2) is 0 Å². The van der Waals surface area contributed by atoms with Crippen molar-refractivity contribution in [1.29, 1.82) is 0 Å². The Morgan fingerprint density at radius 3 is 1.11 bits per heavy atom. The standard InChI is InChI=1S/2C8H17N3O2.C7H15BrO2.H2/c2*1-4-7(10-11-9)8(12-5-2)13-6-3;1-4-6(8)7(9-3)10-5-2;/h2*7-8H,4-6H2,1-3H3;6-7H,4-5H2,1-3H3;1H. The molecule has 36 heavy (non-hydrogen) atoms. The van der Waals surface area contributed by atoms with E-state index in [4.69, 9.17) is 39.5 Å². The third-order valence-corrected chi connectivity index (χ3v) is 5.52. The molecule has 4 atom stereocenters. The summed E-state index contributed by atoms with van der Waals surface area (Å²) in [4.78, 5) is 5.82. The van der Waals surface area contributed by atoms with Gasteiger partial charge in [-0.05, 0) is 64.9 Å². The van der Waals surface area contributed by atoms with Crippen LogP contribution < -0.4 is 0 Å². The van der Waals surface area contributed by atoms with Crippen molar-refractivity contribution >= 4 is 15.9 Å². The molecule has 216 valence electrons. The fourth-order valence-corrected chi connectivity index (χ4v) is 3.03. The highest BCUT2D eigenvalue weighted by atomic mass is 79.9. The van der Waals surface area contributed by atoms with Gasteiger partial charge in [0.1, 0.15) is 0 Å². The number of halogens is 1. The van der Waals surface area contributed by atoms with Gasteiger partial charge in [-0.3, -0.25) is 0 Å². The Labute approximate surface area is 227 Å². The van der Waals surface area contributed by atoms with E-state index in [-0.39, 0.29) is 19.8 Å². The average Bonchev–Trinajstić information content (AvgIpc) is 2.89. The predicted octanol–water partition coefficient (Wildman–Crippen LogP) is 7.36. The highest BCUT2D eigenvalue weighted by Crippen LogP contribution is 2.13. The second kappa shape index (κ2) is 30.1. The van der Waals surface area contributed by atoms with Crippen LogP contribution in [0.25, 0.3) is 20.9 Å². The van der Waals surface area contributed by atoms with E-state index in [2.05, 4.69) is 42.9 Å². The number of hydrogen-bond donors (Lipinski definition) is 0. The fourth-order valence-electron chi connectivity index (χ4n) is 2.66. The quantitative estimate of drug-likeness (QED) is 0.0506. The summed E-state index contributed by atoms with van der Waals surface area (Å²) in [6.07, 6.45) is 1.53. The molecule has 0 amide bonds. The van der Waals surface area contributed by atoms with Crippen molar-refractivity contribution in [2.45, 2.75) is 110 Å². The van der Waals surface area contributed by atoms with Crippen LogP contribution in [0.3, 0.4) is 0 Å². The van der Waals surface area contributed by atoms with Crippen molar-refractivity contribution < 1.29 is 29.8 Å². The van der Waals surface area contributed by atoms with Gasteiger partial charge in [0.25, 0.3) is 0 Å². The maximum atomic E-state index is 8.30. The summed E-state index contributed by atoms with van der Waals surface area (Å²) in [5.41, 5.74) is 16.6. The number of alkyl halides is 1. The van der Waals surface area contributed by atoms with Crippen LogP contribution in [0, 0.1) is 0 Å². The summed E-state index contributed by atoms with van der Waals surface area (Å²) in [7, 11) is 1.66. The average molecular weight is 588 g/mol.